The smallest absolute Gasteiger partial charge is 0.0732 e. The molecule has 0 amide bonds. The molecule has 0 unspecified atom stereocenters. The Hall–Kier alpha value is -1.01. The van der Waals surface area contributed by atoms with Crippen molar-refractivity contribution in [2.24, 2.45) is 5.41 Å². The molecule has 5 heteroatoms. The summed E-state index contributed by atoms with van der Waals surface area (Å²) in [5.74, 6) is 0. The summed E-state index contributed by atoms with van der Waals surface area (Å²) in [6, 6.07) is 4.02. The lowest BCUT2D eigenvalue weighted by atomic mass is 9.73. The van der Waals surface area contributed by atoms with Crippen LogP contribution in [0, 0.1) is 5.41 Å². The van der Waals surface area contributed by atoms with E-state index in [4.69, 9.17) is 14.2 Å². The number of likely N-dealkylation sites (tertiary alicyclic amines) is 1. The van der Waals surface area contributed by atoms with E-state index in [9.17, 15) is 0 Å². The van der Waals surface area contributed by atoms with E-state index in [-0.39, 0.29) is 5.41 Å². The van der Waals surface area contributed by atoms with Crippen molar-refractivity contribution in [3.05, 3.63) is 30.1 Å². The monoisotopic (exact) mass is 320 g/mol. The Bertz CT molecular complexity index is 471. The van der Waals surface area contributed by atoms with Gasteiger partial charge in [-0.3, -0.25) is 4.98 Å². The fourth-order valence-electron chi connectivity index (χ4n) is 3.86. The van der Waals surface area contributed by atoms with Crippen LogP contribution in [0.25, 0.3) is 0 Å². The van der Waals surface area contributed by atoms with Crippen molar-refractivity contribution in [1.29, 1.82) is 0 Å². The van der Waals surface area contributed by atoms with Gasteiger partial charge in [0.15, 0.2) is 0 Å². The first kappa shape index (κ1) is 16.8. The van der Waals surface area contributed by atoms with Crippen LogP contribution in [0.15, 0.2) is 24.5 Å². The summed E-state index contributed by atoms with van der Waals surface area (Å²) in [4.78, 5) is 6.65. The normalized spacial score (nSPS) is 28.5. The summed E-state index contributed by atoms with van der Waals surface area (Å²) in [6.45, 7) is 6.21. The van der Waals surface area contributed by atoms with Crippen LogP contribution < -0.4 is 0 Å². The summed E-state index contributed by atoms with van der Waals surface area (Å²) < 4.78 is 17.4. The Morgan fingerprint density at radius 2 is 2.43 bits per heavy atom. The zero-order chi connectivity index (χ0) is 16.0. The molecule has 0 aromatic carbocycles. The minimum absolute atomic E-state index is 0.131. The number of rotatable bonds is 7. The highest BCUT2D eigenvalue weighted by molar-refractivity contribution is 5.07. The Morgan fingerprint density at radius 1 is 1.48 bits per heavy atom. The van der Waals surface area contributed by atoms with E-state index in [0.29, 0.717) is 12.7 Å². The van der Waals surface area contributed by atoms with E-state index in [0.717, 1.165) is 57.9 Å². The van der Waals surface area contributed by atoms with Crippen LogP contribution in [0.3, 0.4) is 0 Å². The van der Waals surface area contributed by atoms with E-state index in [1.54, 1.807) is 13.3 Å². The third kappa shape index (κ3) is 4.29. The SMILES string of the molecule is COCCN1CC[C@@H]2OCCC[C@]2(COCc2cccnc2)C1. The van der Waals surface area contributed by atoms with E-state index < -0.39 is 0 Å². The highest BCUT2D eigenvalue weighted by Crippen LogP contribution is 2.40. The van der Waals surface area contributed by atoms with Crippen molar-refractivity contribution in [3.63, 3.8) is 0 Å². The highest BCUT2D eigenvalue weighted by Gasteiger charge is 2.45. The van der Waals surface area contributed by atoms with E-state index in [1.807, 2.05) is 12.3 Å². The average Bonchev–Trinajstić information content (AvgIpc) is 2.60. The molecule has 2 aliphatic rings. The molecular weight excluding hydrogens is 292 g/mol. The molecule has 1 aromatic heterocycles. The van der Waals surface area contributed by atoms with Crippen molar-refractivity contribution in [2.45, 2.75) is 32.0 Å². The van der Waals surface area contributed by atoms with Gasteiger partial charge in [0.25, 0.3) is 0 Å². The van der Waals surface area contributed by atoms with Gasteiger partial charge < -0.3 is 19.1 Å². The topological polar surface area (TPSA) is 43.8 Å². The highest BCUT2D eigenvalue weighted by atomic mass is 16.5. The van der Waals surface area contributed by atoms with Gasteiger partial charge in [-0.1, -0.05) is 6.07 Å². The molecule has 0 N–H and O–H groups in total. The quantitative estimate of drug-likeness (QED) is 0.770. The van der Waals surface area contributed by atoms with Crippen molar-refractivity contribution >= 4 is 0 Å². The van der Waals surface area contributed by atoms with Gasteiger partial charge in [-0.05, 0) is 30.9 Å². The predicted molar refractivity (Wildman–Crippen MR) is 88.2 cm³/mol. The van der Waals surface area contributed by atoms with Crippen LogP contribution in [0.4, 0.5) is 0 Å². The number of methoxy groups -OCH3 is 1. The summed E-state index contributed by atoms with van der Waals surface area (Å²) in [5.41, 5.74) is 1.26. The fourth-order valence-corrected chi connectivity index (χ4v) is 3.86. The standard InChI is InChI=1S/C18H28N2O3/c1-21-11-9-20-8-5-17-18(14-20,6-3-10-23-17)15-22-13-16-4-2-7-19-12-16/h2,4,7,12,17H,3,5-6,8-11,13-15H2,1H3/t17-,18+/m0/s1. The Morgan fingerprint density at radius 3 is 3.26 bits per heavy atom. The van der Waals surface area contributed by atoms with Gasteiger partial charge in [-0.25, -0.2) is 0 Å². The second kappa shape index (κ2) is 8.20. The molecule has 23 heavy (non-hydrogen) atoms. The van der Waals surface area contributed by atoms with Crippen molar-refractivity contribution in [3.8, 4) is 0 Å². The maximum atomic E-state index is 6.09. The second-order valence-electron chi connectivity index (χ2n) is 6.74. The lowest BCUT2D eigenvalue weighted by molar-refractivity contribution is -0.155. The van der Waals surface area contributed by atoms with Gasteiger partial charge in [0, 0.05) is 51.2 Å². The molecule has 128 valence electrons. The summed E-state index contributed by atoms with van der Waals surface area (Å²) in [6.07, 6.45) is 7.42. The largest absolute Gasteiger partial charge is 0.383 e. The van der Waals surface area contributed by atoms with Crippen molar-refractivity contribution in [1.82, 2.24) is 9.88 Å². The first-order chi connectivity index (χ1) is 11.3. The molecule has 3 heterocycles. The first-order valence-electron chi connectivity index (χ1n) is 8.62. The molecule has 2 saturated heterocycles. The maximum absolute atomic E-state index is 6.09. The molecule has 2 atom stereocenters. The summed E-state index contributed by atoms with van der Waals surface area (Å²) in [5, 5.41) is 0. The Balaban J connectivity index is 1.59. The lowest BCUT2D eigenvalue weighted by Gasteiger charge is -2.50. The summed E-state index contributed by atoms with van der Waals surface area (Å²) >= 11 is 0. The molecule has 3 rings (SSSR count). The first-order valence-corrected chi connectivity index (χ1v) is 8.62. The number of hydrogen-bond acceptors (Lipinski definition) is 5. The Labute approximate surface area is 138 Å². The zero-order valence-corrected chi connectivity index (χ0v) is 14.1. The predicted octanol–water partition coefficient (Wildman–Crippen LogP) is 2.12. The molecule has 0 saturated carbocycles. The molecule has 0 spiro atoms. The third-order valence-corrected chi connectivity index (χ3v) is 5.06. The van der Waals surface area contributed by atoms with E-state index in [2.05, 4.69) is 16.0 Å². The Kier molecular flexibility index (Phi) is 6.00. The van der Waals surface area contributed by atoms with Crippen molar-refractivity contribution < 1.29 is 14.2 Å². The van der Waals surface area contributed by atoms with Crippen LogP contribution in [-0.4, -0.2) is 62.6 Å². The fraction of sp³-hybridized carbons (Fsp3) is 0.722. The molecule has 0 radical (unpaired) electrons. The number of aromatic nitrogens is 1. The van der Waals surface area contributed by atoms with Gasteiger partial charge in [0.1, 0.15) is 0 Å². The van der Waals surface area contributed by atoms with Crippen LogP contribution in [0.5, 0.6) is 0 Å². The number of hydrogen-bond donors (Lipinski definition) is 0. The molecule has 2 aliphatic heterocycles. The van der Waals surface area contributed by atoms with Crippen molar-refractivity contribution in [2.75, 3.05) is 46.6 Å². The van der Waals surface area contributed by atoms with Crippen LogP contribution in [-0.2, 0) is 20.8 Å². The van der Waals surface area contributed by atoms with Gasteiger partial charge in [0.2, 0.25) is 0 Å². The van der Waals surface area contributed by atoms with E-state index in [1.165, 1.54) is 6.42 Å². The van der Waals surface area contributed by atoms with Crippen LogP contribution in [0.2, 0.25) is 0 Å². The molecule has 0 aliphatic carbocycles. The average molecular weight is 320 g/mol. The maximum Gasteiger partial charge on any atom is 0.0732 e. The van der Waals surface area contributed by atoms with Crippen LogP contribution >= 0.6 is 0 Å². The van der Waals surface area contributed by atoms with Crippen LogP contribution in [0.1, 0.15) is 24.8 Å². The molecule has 2 fully saturated rings. The molecule has 5 nitrogen and oxygen atoms in total. The van der Waals surface area contributed by atoms with Gasteiger partial charge >= 0.3 is 0 Å². The minimum atomic E-state index is 0.131. The number of nitrogens with zero attached hydrogens (tertiary/aromatic N) is 2. The second-order valence-corrected chi connectivity index (χ2v) is 6.74. The number of piperidine rings is 1. The number of pyridine rings is 1. The third-order valence-electron chi connectivity index (χ3n) is 5.06. The number of ether oxygens (including phenoxy) is 3. The summed E-state index contributed by atoms with van der Waals surface area (Å²) in [7, 11) is 1.77. The molecule has 0 bridgehead atoms. The van der Waals surface area contributed by atoms with E-state index >= 15 is 0 Å². The van der Waals surface area contributed by atoms with Gasteiger partial charge in [0.05, 0.1) is 25.9 Å². The molecule has 1 aromatic rings. The molecular formula is C18H28N2O3. The van der Waals surface area contributed by atoms with Gasteiger partial charge in [-0.2, -0.15) is 0 Å². The number of fused-ring (bicyclic) bond motifs is 1. The zero-order valence-electron chi connectivity index (χ0n) is 14.1. The van der Waals surface area contributed by atoms with Gasteiger partial charge in [-0.15, -0.1) is 0 Å². The minimum Gasteiger partial charge on any atom is -0.383 e. The lowest BCUT2D eigenvalue weighted by Crippen LogP contribution is -2.57.